The Hall–Kier alpha value is -4.82. The van der Waals surface area contributed by atoms with E-state index in [0.717, 1.165) is 34.4 Å². The first-order valence-corrected chi connectivity index (χ1v) is 13.6. The summed E-state index contributed by atoms with van der Waals surface area (Å²) >= 11 is 0. The number of nitrogens with two attached hydrogens (primary N) is 1. The van der Waals surface area contributed by atoms with E-state index in [4.69, 9.17) is 5.73 Å². The molecule has 7 rings (SSSR count). The van der Waals surface area contributed by atoms with Crippen molar-refractivity contribution in [2.24, 2.45) is 5.92 Å². The van der Waals surface area contributed by atoms with Crippen molar-refractivity contribution in [1.82, 2.24) is 4.57 Å². The molecular formula is C37H30N2. The number of benzene rings is 5. The summed E-state index contributed by atoms with van der Waals surface area (Å²) in [4.78, 5) is 0. The van der Waals surface area contributed by atoms with Crippen LogP contribution in [-0.2, 0) is 0 Å². The molecule has 0 fully saturated rings. The van der Waals surface area contributed by atoms with E-state index >= 15 is 0 Å². The fourth-order valence-electron chi connectivity index (χ4n) is 5.94. The van der Waals surface area contributed by atoms with Gasteiger partial charge in [0.05, 0.1) is 11.0 Å². The van der Waals surface area contributed by atoms with Gasteiger partial charge in [-0.2, -0.15) is 0 Å². The summed E-state index contributed by atoms with van der Waals surface area (Å²) in [5.41, 5.74) is 18.1. The maximum atomic E-state index is 6.64. The highest BCUT2D eigenvalue weighted by molar-refractivity contribution is 6.15. The third kappa shape index (κ3) is 4.06. The van der Waals surface area contributed by atoms with Gasteiger partial charge in [0.15, 0.2) is 0 Å². The molecule has 2 N–H and O–H groups in total. The smallest absolute Gasteiger partial charge is 0.0640 e. The number of aromatic nitrogens is 1. The van der Waals surface area contributed by atoms with Gasteiger partial charge in [-0.25, -0.2) is 0 Å². The molecule has 2 nitrogen and oxygen atoms in total. The number of nitrogen functional groups attached to an aromatic ring is 1. The molecule has 1 aromatic heterocycles. The number of anilines is 1. The minimum Gasteiger partial charge on any atom is -0.398 e. The average molecular weight is 503 g/mol. The van der Waals surface area contributed by atoms with E-state index in [1.807, 2.05) is 12.1 Å². The Labute approximate surface area is 229 Å². The van der Waals surface area contributed by atoms with Crippen molar-refractivity contribution in [2.75, 3.05) is 5.73 Å². The molecule has 2 heteroatoms. The quantitative estimate of drug-likeness (QED) is 0.239. The van der Waals surface area contributed by atoms with Crippen molar-refractivity contribution in [2.45, 2.75) is 13.3 Å². The van der Waals surface area contributed by atoms with Gasteiger partial charge in [-0.05, 0) is 64.4 Å². The van der Waals surface area contributed by atoms with Crippen LogP contribution in [0.3, 0.4) is 0 Å². The van der Waals surface area contributed by atoms with Crippen molar-refractivity contribution in [3.05, 3.63) is 139 Å². The van der Waals surface area contributed by atoms with Gasteiger partial charge in [0.2, 0.25) is 0 Å². The molecule has 6 aromatic rings. The number of fused-ring (bicyclic) bond motifs is 3. The summed E-state index contributed by atoms with van der Waals surface area (Å²) in [5.74, 6) is 0.593. The van der Waals surface area contributed by atoms with E-state index in [2.05, 4.69) is 133 Å². The maximum Gasteiger partial charge on any atom is 0.0640 e. The summed E-state index contributed by atoms with van der Waals surface area (Å²) in [7, 11) is 0. The van der Waals surface area contributed by atoms with Gasteiger partial charge in [0.25, 0.3) is 0 Å². The van der Waals surface area contributed by atoms with Gasteiger partial charge < -0.3 is 10.3 Å². The van der Waals surface area contributed by atoms with Crippen molar-refractivity contribution in [1.29, 1.82) is 0 Å². The zero-order chi connectivity index (χ0) is 26.3. The lowest BCUT2D eigenvalue weighted by molar-refractivity contribution is 0.740. The zero-order valence-electron chi connectivity index (χ0n) is 22.0. The summed E-state index contributed by atoms with van der Waals surface area (Å²) in [6.07, 6.45) is 8.01. The SMILES string of the molecule is CC1C=C(c2ccc(-c3ccc(-n4c5ccccc5c5ccc(N)c(-c6ccccc6)c54)cc3)cc2)C=CC1. The minimum absolute atomic E-state index is 0.593. The summed E-state index contributed by atoms with van der Waals surface area (Å²) < 4.78 is 2.36. The standard InChI is InChI=1S/C37H30N2/c1-25-8-7-11-30(24-25)28-16-14-26(15-17-28)27-18-20-31(21-19-27)39-35-13-6-5-12-32(35)33-22-23-34(38)36(37(33)39)29-9-3-2-4-10-29/h2-7,9-25H,8,38H2,1H3. The first kappa shape index (κ1) is 23.3. The molecule has 0 bridgehead atoms. The van der Waals surface area contributed by atoms with Crippen molar-refractivity contribution in [3.63, 3.8) is 0 Å². The molecule has 0 saturated carbocycles. The van der Waals surface area contributed by atoms with Crippen LogP contribution in [0.4, 0.5) is 5.69 Å². The lowest BCUT2D eigenvalue weighted by Gasteiger charge is -2.15. The highest BCUT2D eigenvalue weighted by atomic mass is 15.0. The van der Waals surface area contributed by atoms with Crippen LogP contribution in [0.15, 0.2) is 133 Å². The molecule has 5 aromatic carbocycles. The predicted octanol–water partition coefficient (Wildman–Crippen LogP) is 9.68. The van der Waals surface area contributed by atoms with E-state index in [9.17, 15) is 0 Å². The number of allylic oxidation sites excluding steroid dienone is 4. The lowest BCUT2D eigenvalue weighted by atomic mass is 9.92. The number of rotatable bonds is 4. The van der Waals surface area contributed by atoms with Crippen LogP contribution in [0.2, 0.25) is 0 Å². The van der Waals surface area contributed by atoms with Crippen molar-refractivity contribution < 1.29 is 0 Å². The molecule has 39 heavy (non-hydrogen) atoms. The minimum atomic E-state index is 0.593. The second kappa shape index (κ2) is 9.49. The fourth-order valence-corrected chi connectivity index (χ4v) is 5.94. The number of para-hydroxylation sites is 1. The predicted molar refractivity (Wildman–Crippen MR) is 167 cm³/mol. The molecule has 1 aliphatic carbocycles. The summed E-state index contributed by atoms with van der Waals surface area (Å²) in [5, 5.41) is 2.43. The van der Waals surface area contributed by atoms with Crippen LogP contribution >= 0.6 is 0 Å². The molecule has 188 valence electrons. The first-order chi connectivity index (χ1) is 19.2. The third-order valence-corrected chi connectivity index (χ3v) is 7.88. The van der Waals surface area contributed by atoms with Crippen LogP contribution < -0.4 is 5.73 Å². The third-order valence-electron chi connectivity index (χ3n) is 7.88. The molecule has 0 spiro atoms. The lowest BCUT2D eigenvalue weighted by Crippen LogP contribution is -1.98. The second-order valence-corrected chi connectivity index (χ2v) is 10.5. The number of hydrogen-bond acceptors (Lipinski definition) is 1. The Balaban J connectivity index is 1.34. The largest absolute Gasteiger partial charge is 0.398 e. The van der Waals surface area contributed by atoms with Gasteiger partial charge >= 0.3 is 0 Å². The normalized spacial score (nSPS) is 15.1. The van der Waals surface area contributed by atoms with Gasteiger partial charge in [0, 0.05) is 27.7 Å². The van der Waals surface area contributed by atoms with E-state index in [0.29, 0.717) is 5.92 Å². The zero-order valence-corrected chi connectivity index (χ0v) is 22.0. The van der Waals surface area contributed by atoms with E-state index in [-0.39, 0.29) is 0 Å². The summed E-state index contributed by atoms with van der Waals surface area (Å²) in [6, 6.07) is 41.1. The molecule has 1 unspecified atom stereocenters. The van der Waals surface area contributed by atoms with Crippen LogP contribution in [0.5, 0.6) is 0 Å². The Morgan fingerprint density at radius 2 is 1.31 bits per heavy atom. The molecule has 0 saturated heterocycles. The molecule has 0 amide bonds. The topological polar surface area (TPSA) is 30.9 Å². The highest BCUT2D eigenvalue weighted by Crippen LogP contribution is 2.41. The van der Waals surface area contributed by atoms with Crippen LogP contribution in [0.25, 0.3) is 55.3 Å². The van der Waals surface area contributed by atoms with E-state index in [1.165, 1.54) is 38.6 Å². The highest BCUT2D eigenvalue weighted by Gasteiger charge is 2.18. The van der Waals surface area contributed by atoms with Gasteiger partial charge in [-0.15, -0.1) is 0 Å². The Bertz CT molecular complexity index is 1870. The molecular weight excluding hydrogens is 472 g/mol. The van der Waals surface area contributed by atoms with Gasteiger partial charge in [0.1, 0.15) is 0 Å². The fraction of sp³-hybridized carbons (Fsp3) is 0.0811. The van der Waals surface area contributed by atoms with Gasteiger partial charge in [-0.3, -0.25) is 0 Å². The number of hydrogen-bond donors (Lipinski definition) is 1. The Morgan fingerprint density at radius 3 is 2.05 bits per heavy atom. The van der Waals surface area contributed by atoms with Gasteiger partial charge in [-0.1, -0.05) is 116 Å². The monoisotopic (exact) mass is 502 g/mol. The van der Waals surface area contributed by atoms with Crippen LogP contribution in [0.1, 0.15) is 18.9 Å². The van der Waals surface area contributed by atoms with E-state index in [1.54, 1.807) is 0 Å². The molecule has 1 aliphatic rings. The molecule has 1 atom stereocenters. The van der Waals surface area contributed by atoms with Crippen LogP contribution in [-0.4, -0.2) is 4.57 Å². The van der Waals surface area contributed by atoms with Crippen molar-refractivity contribution >= 4 is 33.1 Å². The maximum absolute atomic E-state index is 6.64. The first-order valence-electron chi connectivity index (χ1n) is 13.6. The second-order valence-electron chi connectivity index (χ2n) is 10.5. The van der Waals surface area contributed by atoms with Crippen LogP contribution in [0, 0.1) is 5.92 Å². The molecule has 0 aliphatic heterocycles. The number of nitrogens with zero attached hydrogens (tertiary/aromatic N) is 1. The Morgan fingerprint density at radius 1 is 0.641 bits per heavy atom. The van der Waals surface area contributed by atoms with E-state index < -0.39 is 0 Å². The molecule has 0 radical (unpaired) electrons. The summed E-state index contributed by atoms with van der Waals surface area (Å²) in [6.45, 7) is 2.27. The average Bonchev–Trinajstić information content (AvgIpc) is 3.32. The molecule has 1 heterocycles. The van der Waals surface area contributed by atoms with Crippen molar-refractivity contribution in [3.8, 4) is 27.9 Å². The Kier molecular flexibility index (Phi) is 5.67.